The van der Waals surface area contributed by atoms with E-state index in [2.05, 4.69) is 29.4 Å². The molecule has 1 fully saturated rings. The van der Waals surface area contributed by atoms with Crippen LogP contribution in [0.2, 0.25) is 0 Å². The van der Waals surface area contributed by atoms with E-state index in [1.165, 1.54) is 35.5 Å². The third kappa shape index (κ3) is 5.14. The van der Waals surface area contributed by atoms with E-state index >= 15 is 0 Å². The highest BCUT2D eigenvalue weighted by atomic mass is 16.5. The Kier molecular flexibility index (Phi) is 7.12. The van der Waals surface area contributed by atoms with E-state index in [9.17, 15) is 14.4 Å². The van der Waals surface area contributed by atoms with Gasteiger partial charge in [-0.2, -0.15) is 0 Å². The number of carbonyl (C=O) groups is 1. The fraction of sp³-hybridized carbons (Fsp3) is 0.435. The highest BCUT2D eigenvalue weighted by molar-refractivity contribution is 5.91. The minimum Gasteiger partial charge on any atom is -0.497 e. The van der Waals surface area contributed by atoms with Crippen molar-refractivity contribution in [3.8, 4) is 5.75 Å². The largest absolute Gasteiger partial charge is 0.497 e. The molecule has 1 aliphatic rings. The van der Waals surface area contributed by atoms with Crippen molar-refractivity contribution in [2.75, 3.05) is 27.2 Å². The Morgan fingerprint density at radius 3 is 2.58 bits per heavy atom. The number of hydrogen-bond donors (Lipinski definition) is 1. The quantitative estimate of drug-likeness (QED) is 0.704. The molecule has 0 saturated carbocycles. The van der Waals surface area contributed by atoms with Gasteiger partial charge in [0, 0.05) is 39.0 Å². The molecule has 2 atom stereocenters. The van der Waals surface area contributed by atoms with E-state index in [-0.39, 0.29) is 23.4 Å². The van der Waals surface area contributed by atoms with Gasteiger partial charge in [0.15, 0.2) is 0 Å². The average Bonchev–Trinajstić information content (AvgIpc) is 2.78. The molecule has 3 rings (SSSR count). The number of rotatable bonds is 6. The van der Waals surface area contributed by atoms with E-state index in [1.807, 2.05) is 12.1 Å². The summed E-state index contributed by atoms with van der Waals surface area (Å²) in [7, 11) is 6.75. The van der Waals surface area contributed by atoms with E-state index in [4.69, 9.17) is 4.74 Å². The maximum absolute atomic E-state index is 12.4. The topological polar surface area (TPSA) is 85.6 Å². The molecular weight excluding hydrogens is 396 g/mol. The van der Waals surface area contributed by atoms with Crippen molar-refractivity contribution in [2.24, 2.45) is 20.0 Å². The van der Waals surface area contributed by atoms with Gasteiger partial charge in [-0.25, -0.2) is 4.79 Å². The second-order valence-electron chi connectivity index (χ2n) is 8.02. The number of hydrogen-bond acceptors (Lipinski definition) is 5. The Labute approximate surface area is 181 Å². The molecule has 1 aliphatic heterocycles. The lowest BCUT2D eigenvalue weighted by molar-refractivity contribution is -0.116. The summed E-state index contributed by atoms with van der Waals surface area (Å²) in [5.74, 6) is 0.828. The Morgan fingerprint density at radius 2 is 1.90 bits per heavy atom. The lowest BCUT2D eigenvalue weighted by atomic mass is 9.85. The zero-order valence-corrected chi connectivity index (χ0v) is 18.5. The van der Waals surface area contributed by atoms with Crippen LogP contribution < -0.4 is 21.3 Å². The summed E-state index contributed by atoms with van der Waals surface area (Å²) in [6.07, 6.45) is 6.32. The Bertz CT molecular complexity index is 1070. The number of ether oxygens (including phenoxy) is 1. The average molecular weight is 427 g/mol. The number of aromatic nitrogens is 2. The van der Waals surface area contributed by atoms with E-state index < -0.39 is 11.2 Å². The molecule has 1 saturated heterocycles. The molecular formula is C23H30N4O4. The fourth-order valence-electron chi connectivity index (χ4n) is 4.21. The number of nitrogens with one attached hydrogen (secondary N) is 1. The molecule has 31 heavy (non-hydrogen) atoms. The van der Waals surface area contributed by atoms with Gasteiger partial charge in [-0.15, -0.1) is 0 Å². The molecule has 8 nitrogen and oxygen atoms in total. The van der Waals surface area contributed by atoms with Gasteiger partial charge in [0.1, 0.15) is 5.75 Å². The molecule has 0 bridgehead atoms. The predicted molar refractivity (Wildman–Crippen MR) is 120 cm³/mol. The molecule has 0 spiro atoms. The van der Waals surface area contributed by atoms with Crippen molar-refractivity contribution < 1.29 is 9.53 Å². The van der Waals surface area contributed by atoms with Crippen molar-refractivity contribution in [3.63, 3.8) is 0 Å². The predicted octanol–water partition coefficient (Wildman–Crippen LogP) is 1.31. The van der Waals surface area contributed by atoms with Gasteiger partial charge < -0.3 is 14.6 Å². The summed E-state index contributed by atoms with van der Waals surface area (Å²) in [5, 5.41) is 2.97. The smallest absolute Gasteiger partial charge is 0.330 e. The summed E-state index contributed by atoms with van der Waals surface area (Å²) < 4.78 is 7.60. The SMILES string of the molecule is COc1ccc(C2C(CNC(=O)/C=C/c3cn(C)c(=O)n(C)c3=O)CCCN2C)cc1. The van der Waals surface area contributed by atoms with Gasteiger partial charge >= 0.3 is 5.69 Å². The molecule has 2 unspecified atom stereocenters. The zero-order chi connectivity index (χ0) is 22.5. The maximum Gasteiger partial charge on any atom is 0.330 e. The highest BCUT2D eigenvalue weighted by Gasteiger charge is 2.30. The number of likely N-dealkylation sites (tertiary alicyclic amines) is 1. The lowest BCUT2D eigenvalue weighted by Crippen LogP contribution is -2.41. The van der Waals surface area contributed by atoms with E-state index in [0.29, 0.717) is 6.54 Å². The normalized spacial score (nSPS) is 19.5. The van der Waals surface area contributed by atoms with Crippen LogP contribution in [-0.2, 0) is 18.9 Å². The van der Waals surface area contributed by atoms with Crippen LogP contribution in [0.1, 0.15) is 30.0 Å². The number of amides is 1. The first-order valence-corrected chi connectivity index (χ1v) is 10.4. The summed E-state index contributed by atoms with van der Waals surface area (Å²) in [5.41, 5.74) is 0.651. The second kappa shape index (κ2) is 9.78. The minimum absolute atomic E-state index is 0.208. The van der Waals surface area contributed by atoms with Gasteiger partial charge in [0.05, 0.1) is 12.7 Å². The molecule has 2 aromatic rings. The third-order valence-electron chi connectivity index (χ3n) is 5.89. The first kappa shape index (κ1) is 22.6. The van der Waals surface area contributed by atoms with Crippen LogP contribution in [-0.4, -0.2) is 47.2 Å². The monoisotopic (exact) mass is 426 g/mol. The molecule has 1 aromatic carbocycles. The van der Waals surface area contributed by atoms with Crippen molar-refractivity contribution in [1.82, 2.24) is 19.4 Å². The summed E-state index contributed by atoms with van der Waals surface area (Å²) in [6, 6.07) is 8.29. The van der Waals surface area contributed by atoms with Crippen molar-refractivity contribution >= 4 is 12.0 Å². The number of benzene rings is 1. The standard InChI is InChI=1S/C23H30N4O4/c1-25-13-5-6-17(21(25)16-7-10-19(31-4)11-8-16)14-24-20(28)12-9-18-15-26(2)23(30)27(3)22(18)29/h7-12,15,17,21H,5-6,13-14H2,1-4H3,(H,24,28)/b12-9+. The number of aryl methyl sites for hydroxylation is 1. The van der Waals surface area contributed by atoms with E-state index in [1.54, 1.807) is 14.2 Å². The molecule has 2 heterocycles. The molecule has 8 heteroatoms. The lowest BCUT2D eigenvalue weighted by Gasteiger charge is -2.39. The van der Waals surface area contributed by atoms with Gasteiger partial charge in [0.25, 0.3) is 5.56 Å². The summed E-state index contributed by atoms with van der Waals surface area (Å²) in [4.78, 5) is 38.7. The molecule has 1 aromatic heterocycles. The third-order valence-corrected chi connectivity index (χ3v) is 5.89. The first-order chi connectivity index (χ1) is 14.8. The van der Waals surface area contributed by atoms with Gasteiger partial charge in [-0.3, -0.25) is 19.1 Å². The maximum atomic E-state index is 12.4. The first-order valence-electron chi connectivity index (χ1n) is 10.4. The second-order valence-corrected chi connectivity index (χ2v) is 8.02. The molecule has 1 N–H and O–H groups in total. The van der Waals surface area contributed by atoms with Crippen molar-refractivity contribution in [3.05, 3.63) is 68.5 Å². The molecule has 1 amide bonds. The Hall–Kier alpha value is -3.13. The van der Waals surface area contributed by atoms with E-state index in [0.717, 1.165) is 29.7 Å². The number of methoxy groups -OCH3 is 1. The van der Waals surface area contributed by atoms with Crippen LogP contribution >= 0.6 is 0 Å². The van der Waals surface area contributed by atoms with Crippen LogP contribution in [0.25, 0.3) is 6.08 Å². The Morgan fingerprint density at radius 1 is 1.19 bits per heavy atom. The minimum atomic E-state index is -0.430. The van der Waals surface area contributed by atoms with Gasteiger partial charge in [-0.1, -0.05) is 12.1 Å². The highest BCUT2D eigenvalue weighted by Crippen LogP contribution is 2.35. The van der Waals surface area contributed by atoms with Crippen LogP contribution in [0.15, 0.2) is 46.1 Å². The van der Waals surface area contributed by atoms with Crippen LogP contribution in [0.5, 0.6) is 5.75 Å². The zero-order valence-electron chi connectivity index (χ0n) is 18.5. The number of carbonyl (C=O) groups excluding carboxylic acids is 1. The summed E-state index contributed by atoms with van der Waals surface area (Å²) >= 11 is 0. The fourth-order valence-corrected chi connectivity index (χ4v) is 4.21. The van der Waals surface area contributed by atoms with Gasteiger partial charge in [0.2, 0.25) is 5.91 Å². The van der Waals surface area contributed by atoms with Gasteiger partial charge in [-0.05, 0) is 56.1 Å². The van der Waals surface area contributed by atoms with Crippen molar-refractivity contribution in [1.29, 1.82) is 0 Å². The molecule has 0 radical (unpaired) electrons. The Balaban J connectivity index is 1.68. The molecule has 166 valence electrons. The number of piperidine rings is 1. The van der Waals surface area contributed by atoms with Crippen LogP contribution in [0.4, 0.5) is 0 Å². The van der Waals surface area contributed by atoms with Crippen molar-refractivity contribution in [2.45, 2.75) is 18.9 Å². The number of nitrogens with zero attached hydrogens (tertiary/aromatic N) is 3. The van der Waals surface area contributed by atoms with Crippen LogP contribution in [0.3, 0.4) is 0 Å². The van der Waals surface area contributed by atoms with Crippen LogP contribution in [0, 0.1) is 5.92 Å². The summed E-state index contributed by atoms with van der Waals surface area (Å²) in [6.45, 7) is 1.55. The molecule has 0 aliphatic carbocycles.